The number of carbonyl (C=O) groups excluding carboxylic acids is 12. The molecule has 8 aromatic heterocycles. The Balaban J connectivity index is 0.000000257. The lowest BCUT2D eigenvalue weighted by atomic mass is 10.1. The van der Waals surface area contributed by atoms with Crippen molar-refractivity contribution in [3.05, 3.63) is 272 Å². The molecule has 0 aromatic carbocycles. The van der Waals surface area contributed by atoms with E-state index < -0.39 is 197 Å². The molecule has 8 aromatic rings. The minimum Gasteiger partial charge on any atom is -0.425 e. The van der Waals surface area contributed by atoms with Gasteiger partial charge in [-0.15, -0.1) is 37.8 Å². The van der Waals surface area contributed by atoms with Crippen LogP contribution in [-0.2, 0) is 0 Å². The number of nitrogens with zero attached hydrogens (tertiary/aromatic N) is 12. The Kier molecular flexibility index (Phi) is 33.9. The number of hydrogen-bond acceptors (Lipinski definition) is 30. The molecule has 7 aliphatic heterocycles. The highest BCUT2D eigenvalue weighted by Gasteiger charge is 2.53. The van der Waals surface area contributed by atoms with Crippen molar-refractivity contribution in [3.8, 4) is 0 Å². The van der Waals surface area contributed by atoms with E-state index in [4.69, 9.17) is 32.2 Å². The first-order valence-electron chi connectivity index (χ1n) is 44.2. The van der Waals surface area contributed by atoms with E-state index in [1.807, 2.05) is 0 Å². The summed E-state index contributed by atoms with van der Waals surface area (Å²) in [5.41, 5.74) is -4.77. The summed E-state index contributed by atoms with van der Waals surface area (Å²) in [6, 6.07) is 20.1. The van der Waals surface area contributed by atoms with Crippen LogP contribution in [0.25, 0.3) is 0 Å². The Labute approximate surface area is 774 Å². The van der Waals surface area contributed by atoms with Crippen LogP contribution < -0.4 is 118 Å². The smallest absolute Gasteiger partial charge is 0.425 e. The van der Waals surface area contributed by atoms with Crippen molar-refractivity contribution in [2.75, 3.05) is 112 Å². The zero-order valence-corrected chi connectivity index (χ0v) is 73.6. The van der Waals surface area contributed by atoms with Gasteiger partial charge in [-0.3, -0.25) is 120 Å². The molecule has 730 valence electrons. The molecule has 7 aliphatic rings. The highest BCUT2D eigenvalue weighted by atomic mass is 19.1. The molecule has 137 heavy (non-hydrogen) atoms. The number of rotatable bonds is 10. The fourth-order valence-electron chi connectivity index (χ4n) is 15.0. The van der Waals surface area contributed by atoms with Crippen molar-refractivity contribution in [3.63, 3.8) is 0 Å². The lowest BCUT2D eigenvalue weighted by molar-refractivity contribution is -0.491. The van der Waals surface area contributed by atoms with Crippen LogP contribution in [0.15, 0.2) is 160 Å². The van der Waals surface area contributed by atoms with Crippen LogP contribution in [0.3, 0.4) is 0 Å². The number of amides is 12. The Morgan fingerprint density at radius 1 is 0.358 bits per heavy atom. The van der Waals surface area contributed by atoms with Gasteiger partial charge in [0.05, 0.1) is 8.52 Å². The molecule has 0 saturated carbocycles. The van der Waals surface area contributed by atoms with Crippen LogP contribution in [-0.4, -0.2) is 279 Å². The number of fused-ring (bicyclic) bond motifs is 6. The summed E-state index contributed by atoms with van der Waals surface area (Å²) in [4.78, 5) is 305. The number of aromatic nitrogens is 8. The predicted octanol–water partition coefficient (Wildman–Crippen LogP) is -4.48. The number of unbranched alkanes of at least 4 members (excludes halogenated alkanes) is 2. The van der Waals surface area contributed by atoms with Crippen molar-refractivity contribution in [2.45, 2.75) is 108 Å². The molecule has 3 atom stereocenters. The summed E-state index contributed by atoms with van der Waals surface area (Å²) in [5, 5.41) is 62.8. The molecule has 51 heteroatoms. The maximum Gasteiger partial charge on any atom is 0.686 e. The van der Waals surface area contributed by atoms with Crippen molar-refractivity contribution in [1.29, 1.82) is 0 Å². The summed E-state index contributed by atoms with van der Waals surface area (Å²) in [5.74, 6) is -11.1. The molecular formula is C86H101FN22O28. The van der Waals surface area contributed by atoms with Gasteiger partial charge in [0.25, 0.3) is 115 Å². The minimum atomic E-state index is -3.97. The molecule has 0 saturated heterocycles. The number of alkyl halides is 1. The zero-order valence-electron chi connectivity index (χ0n) is 74.6. The first-order valence-corrected chi connectivity index (χ1v) is 43.5. The summed E-state index contributed by atoms with van der Waals surface area (Å²) < 4.78 is 16.7. The lowest BCUT2D eigenvalue weighted by Gasteiger charge is -2.33. The van der Waals surface area contributed by atoms with Gasteiger partial charge in [-0.25, -0.2) is 0 Å². The molecule has 1 spiro atoms. The van der Waals surface area contributed by atoms with E-state index >= 15 is 0 Å². The standard InChI is InChI=1S/C43H47N11O14.C42H51N11O14.CH3F/c44-18-2-1-9-26-25-47-37(59)29-16-14-27-35(57)45-19-7-23-49-21-3-4-22-50-24-8-20-46-36(58)28-15-17-30(38(60)48-26)54(40(28)62)68-43(67-53(29)39(27)61,65-51-31(41(49)63)10-5-12-33(51)55)66-52-32(42(50)64)11-6-13-34(52)56;43-18-2-1-9-26-25-46-37(58)29-16-14-27(39(60)52(29)66)35(56)44-19-7-23-48(41(62)31-10-5-12-33(54)50(31)64)21-3-4-22-49(42(63)32-11-6-13-34(55)51(32)65)24-8-20-45-36(57)28-15-17-30(38(59)47-26)53(67)40(28)61;1-2/h5-6,10-17,26H,1-4,7-9,18-25,44H2,(H,45,57)(H,46,58)(H,47,59)(H,48,60);5-6,10-17,26,64-67H,1-4,7-9,18-25,43H2,(H,44,56)(H,45,57)(H,46,58)(H,47,59);1H3/t26-,43?;26-;/m00./s1/i;;1D. The van der Waals surface area contributed by atoms with Crippen LogP contribution in [0.1, 0.15) is 217 Å². The number of carbonyl (C=O) groups is 12. The zero-order chi connectivity index (χ0) is 99.6. The van der Waals surface area contributed by atoms with E-state index in [1.165, 1.54) is 68.1 Å². The van der Waals surface area contributed by atoms with Gasteiger partial charge in [0.2, 0.25) is 0 Å². The number of halogens is 1. The molecule has 0 radical (unpaired) electrons. The van der Waals surface area contributed by atoms with Crippen molar-refractivity contribution < 1.29 is 103 Å². The normalized spacial score (nSPS) is 18.3. The van der Waals surface area contributed by atoms with Gasteiger partial charge in [-0.2, -0.15) is 0 Å². The lowest BCUT2D eigenvalue weighted by Crippen LogP contribution is -2.69. The predicted molar refractivity (Wildman–Crippen MR) is 473 cm³/mol. The molecule has 15 rings (SSSR count). The average molecular weight is 1910 g/mol. The third-order valence-corrected chi connectivity index (χ3v) is 22.1. The molecule has 1 unspecified atom stereocenters. The Hall–Kier alpha value is -16.5. The Bertz CT molecular complexity index is 6390. The fraction of sp³-hybridized carbons (Fsp3) is 0.395. The SMILES string of the molecule is NCCCC[C@H]1CNC(=O)c2ccc(c(=O)n2O)C(=O)NCCCN(C(=O)c2cccc(=O)n2O)CCCCN(C(=O)c2cccc(=O)n2O)CCCNC(=O)c2ccc(n(O)c2=O)C(=O)N1.NCCCC[C@H]1CNC(=O)c2ccc3c(=O)n2OC24On5c(cccc5=O)C(=O)N(CCCCN(CCCNC(=O)c5ccc(n(c5=O)O2)C(=O)N1)C(=O)c1cccc(=O)n1O4)CCCNC3=O.[2H]CF. The van der Waals surface area contributed by atoms with Crippen LogP contribution >= 0.6 is 0 Å². The van der Waals surface area contributed by atoms with Gasteiger partial charge in [0, 0.05) is 128 Å². The van der Waals surface area contributed by atoms with Crippen LogP contribution in [0, 0.1) is 0 Å². The molecule has 12 amide bonds. The topological polar surface area (TPSA) is 660 Å². The average Bonchev–Trinajstić information content (AvgIpc) is 0.779. The Morgan fingerprint density at radius 2 is 0.664 bits per heavy atom. The third kappa shape index (κ3) is 24.1. The van der Waals surface area contributed by atoms with Crippen molar-refractivity contribution in [1.82, 2.24) is 100.0 Å². The first kappa shape index (κ1) is 99.5. The van der Waals surface area contributed by atoms with Gasteiger partial charge < -0.3 is 94.4 Å². The molecule has 15 heterocycles. The van der Waals surface area contributed by atoms with Gasteiger partial charge in [0.15, 0.2) is 0 Å². The largest absolute Gasteiger partial charge is 0.686 e. The number of hydrogen-bond donors (Lipinski definition) is 14. The van der Waals surface area contributed by atoms with Gasteiger partial charge in [-0.05, 0) is 163 Å². The quantitative estimate of drug-likeness (QED) is 0.0453. The highest BCUT2D eigenvalue weighted by molar-refractivity contribution is 6.01. The van der Waals surface area contributed by atoms with E-state index in [0.29, 0.717) is 48.2 Å². The number of nitrogens with two attached hydrogens (primary N) is 2. The molecule has 50 nitrogen and oxygen atoms in total. The monoisotopic (exact) mass is 1910 g/mol. The molecule has 11 bridgehead atoms. The van der Waals surface area contributed by atoms with E-state index in [0.717, 1.165) is 72.8 Å². The number of nitrogens with one attached hydrogen (secondary N) is 8. The minimum absolute atomic E-state index is 0.0139. The second kappa shape index (κ2) is 46.7. The second-order valence-corrected chi connectivity index (χ2v) is 31.4. The summed E-state index contributed by atoms with van der Waals surface area (Å²) in [6.07, 6.45) is -0.204. The fourth-order valence-corrected chi connectivity index (χ4v) is 15.0. The summed E-state index contributed by atoms with van der Waals surface area (Å²) in [7, 11) is -1.00. The van der Waals surface area contributed by atoms with Gasteiger partial charge in [-0.1, -0.05) is 37.1 Å². The molecule has 16 N–H and O–H groups in total. The maximum atomic E-state index is 14.8. The van der Waals surface area contributed by atoms with Crippen LogP contribution in [0.2, 0.25) is 0 Å². The highest BCUT2D eigenvalue weighted by Crippen LogP contribution is 2.20. The van der Waals surface area contributed by atoms with E-state index in [2.05, 4.69) is 42.5 Å². The molecular weight excluding hydrogens is 1810 g/mol. The maximum absolute atomic E-state index is 14.8. The van der Waals surface area contributed by atoms with E-state index in [1.54, 1.807) is 0 Å². The van der Waals surface area contributed by atoms with E-state index in [-0.39, 0.29) is 196 Å². The molecule has 0 fully saturated rings. The number of pyridine rings is 8. The first-order chi connectivity index (χ1) is 66.2. The second-order valence-electron chi connectivity index (χ2n) is 31.4. The Morgan fingerprint density at radius 3 is 1.06 bits per heavy atom. The third-order valence-electron chi connectivity index (χ3n) is 22.1. The summed E-state index contributed by atoms with van der Waals surface area (Å²) in [6.45, 7) is -0.546. The summed E-state index contributed by atoms with van der Waals surface area (Å²) >= 11 is 0. The van der Waals surface area contributed by atoms with Crippen LogP contribution in [0.5, 0.6) is 0 Å². The van der Waals surface area contributed by atoms with Crippen molar-refractivity contribution >= 4 is 70.9 Å². The van der Waals surface area contributed by atoms with Gasteiger partial charge in [0.1, 0.15) is 67.8 Å². The van der Waals surface area contributed by atoms with Crippen molar-refractivity contribution in [2.24, 2.45) is 11.5 Å². The molecule has 0 aliphatic carbocycles. The van der Waals surface area contributed by atoms with E-state index in [9.17, 15) is 121 Å². The van der Waals surface area contributed by atoms with Gasteiger partial charge >= 0.3 is 6.16 Å². The van der Waals surface area contributed by atoms with Crippen LogP contribution in [0.4, 0.5) is 4.39 Å².